The van der Waals surface area contributed by atoms with E-state index in [-0.39, 0.29) is 5.70 Å². The molecule has 34 heavy (non-hydrogen) atoms. The van der Waals surface area contributed by atoms with Crippen LogP contribution in [0, 0.1) is 3.57 Å². The number of hydrogen-bond acceptors (Lipinski definition) is 5. The zero-order valence-corrected chi connectivity index (χ0v) is 21.9. The van der Waals surface area contributed by atoms with Crippen LogP contribution in [0.15, 0.2) is 71.4 Å². The summed E-state index contributed by atoms with van der Waals surface area (Å²) in [6.45, 7) is 4.64. The van der Waals surface area contributed by atoms with Crippen molar-refractivity contribution < 1.29 is 19.0 Å². The van der Waals surface area contributed by atoms with E-state index in [4.69, 9.17) is 25.8 Å². The fourth-order valence-corrected chi connectivity index (χ4v) is 4.31. The molecule has 0 amide bonds. The highest BCUT2D eigenvalue weighted by atomic mass is 127. The molecule has 0 bridgehead atoms. The lowest BCUT2D eigenvalue weighted by molar-refractivity contribution is -0.129. The van der Waals surface area contributed by atoms with Gasteiger partial charge < -0.3 is 14.2 Å². The number of nitrogens with zero attached hydrogens (tertiary/aromatic N) is 1. The van der Waals surface area contributed by atoms with E-state index in [1.165, 1.54) is 5.56 Å². The molecule has 0 fully saturated rings. The normalized spacial score (nSPS) is 14.4. The first kappa shape index (κ1) is 24.3. The van der Waals surface area contributed by atoms with Crippen molar-refractivity contribution in [3.8, 4) is 11.5 Å². The van der Waals surface area contributed by atoms with Crippen LogP contribution in [0.5, 0.6) is 11.5 Å². The fourth-order valence-electron chi connectivity index (χ4n) is 3.40. The van der Waals surface area contributed by atoms with E-state index in [1.54, 1.807) is 13.2 Å². The molecule has 1 heterocycles. The largest absolute Gasteiger partial charge is 0.493 e. The van der Waals surface area contributed by atoms with Gasteiger partial charge in [0.1, 0.15) is 6.61 Å². The molecule has 5 nitrogen and oxygen atoms in total. The van der Waals surface area contributed by atoms with Crippen LogP contribution in [-0.4, -0.2) is 19.0 Å². The second-order valence-corrected chi connectivity index (χ2v) is 9.66. The predicted molar refractivity (Wildman–Crippen MR) is 143 cm³/mol. The Morgan fingerprint density at radius 2 is 1.79 bits per heavy atom. The number of carbonyl (C=O) groups excluding carboxylic acids is 1. The van der Waals surface area contributed by atoms with Crippen molar-refractivity contribution in [2.75, 3.05) is 7.11 Å². The Morgan fingerprint density at radius 1 is 1.09 bits per heavy atom. The van der Waals surface area contributed by atoms with Crippen LogP contribution in [0.25, 0.3) is 6.08 Å². The number of aliphatic imine (C=N–C) groups is 1. The van der Waals surface area contributed by atoms with Crippen molar-refractivity contribution in [3.05, 3.63) is 97.2 Å². The van der Waals surface area contributed by atoms with Crippen molar-refractivity contribution in [2.24, 2.45) is 4.99 Å². The first-order chi connectivity index (χ1) is 16.3. The lowest BCUT2D eigenvalue weighted by atomic mass is 10.0. The number of carbonyl (C=O) groups is 1. The van der Waals surface area contributed by atoms with E-state index in [0.717, 1.165) is 20.3 Å². The first-order valence-corrected chi connectivity index (χ1v) is 12.2. The first-order valence-electron chi connectivity index (χ1n) is 10.7. The summed E-state index contributed by atoms with van der Waals surface area (Å²) in [6.07, 6.45) is 1.69. The lowest BCUT2D eigenvalue weighted by Gasteiger charge is -2.14. The summed E-state index contributed by atoms with van der Waals surface area (Å²) < 4.78 is 17.8. The maximum absolute atomic E-state index is 12.5. The van der Waals surface area contributed by atoms with Crippen molar-refractivity contribution in [3.63, 3.8) is 0 Å². The molecule has 0 saturated heterocycles. The monoisotopic (exact) mass is 587 g/mol. The Kier molecular flexibility index (Phi) is 7.58. The maximum Gasteiger partial charge on any atom is 0.363 e. The van der Waals surface area contributed by atoms with E-state index >= 15 is 0 Å². The highest BCUT2D eigenvalue weighted by Crippen LogP contribution is 2.35. The summed E-state index contributed by atoms with van der Waals surface area (Å²) in [6, 6.07) is 19.1. The van der Waals surface area contributed by atoms with Gasteiger partial charge in [-0.1, -0.05) is 49.7 Å². The molecule has 174 valence electrons. The van der Waals surface area contributed by atoms with Gasteiger partial charge in [-0.25, -0.2) is 9.79 Å². The molecule has 0 aromatic heterocycles. The van der Waals surface area contributed by atoms with Gasteiger partial charge in [-0.05, 0) is 87.7 Å². The average Bonchev–Trinajstić information content (AvgIpc) is 3.19. The topological polar surface area (TPSA) is 57.1 Å². The minimum atomic E-state index is -0.486. The van der Waals surface area contributed by atoms with Crippen LogP contribution in [0.4, 0.5) is 0 Å². The highest BCUT2D eigenvalue weighted by molar-refractivity contribution is 14.1. The van der Waals surface area contributed by atoms with Crippen molar-refractivity contribution in [1.29, 1.82) is 0 Å². The third-order valence-corrected chi connectivity index (χ3v) is 6.35. The summed E-state index contributed by atoms with van der Waals surface area (Å²) in [7, 11) is 1.58. The third kappa shape index (κ3) is 5.62. The molecule has 7 heteroatoms. The Bertz CT molecular complexity index is 1270. The van der Waals surface area contributed by atoms with Crippen LogP contribution in [0.1, 0.15) is 42.0 Å². The smallest absolute Gasteiger partial charge is 0.363 e. The molecule has 0 atom stereocenters. The second-order valence-electron chi connectivity index (χ2n) is 8.06. The van der Waals surface area contributed by atoms with E-state index in [0.29, 0.717) is 34.9 Å². The van der Waals surface area contributed by atoms with Crippen molar-refractivity contribution in [1.82, 2.24) is 0 Å². The Morgan fingerprint density at radius 3 is 2.44 bits per heavy atom. The van der Waals surface area contributed by atoms with Gasteiger partial charge in [0.2, 0.25) is 5.90 Å². The molecule has 0 aliphatic carbocycles. The Balaban J connectivity index is 1.56. The molecule has 1 aliphatic rings. The number of hydrogen-bond donors (Lipinski definition) is 0. The molecule has 1 aliphatic heterocycles. The minimum absolute atomic E-state index is 0.232. The van der Waals surface area contributed by atoms with E-state index in [9.17, 15) is 4.79 Å². The van der Waals surface area contributed by atoms with Crippen LogP contribution in [0.2, 0.25) is 5.02 Å². The van der Waals surface area contributed by atoms with Crippen LogP contribution in [0.3, 0.4) is 0 Å². The summed E-state index contributed by atoms with van der Waals surface area (Å²) in [4.78, 5) is 16.9. The maximum atomic E-state index is 12.5. The molecule has 0 radical (unpaired) electrons. The van der Waals surface area contributed by atoms with Crippen molar-refractivity contribution in [2.45, 2.75) is 26.4 Å². The summed E-state index contributed by atoms with van der Waals surface area (Å²) in [5.74, 6) is 1.43. The number of esters is 1. The zero-order chi connectivity index (χ0) is 24.2. The molecular weight excluding hydrogens is 565 g/mol. The molecular formula is C27H23ClINO4. The summed E-state index contributed by atoms with van der Waals surface area (Å²) in [5, 5.41) is 0.678. The predicted octanol–water partition coefficient (Wildman–Crippen LogP) is 7.00. The van der Waals surface area contributed by atoms with Gasteiger partial charge in [-0.3, -0.25) is 0 Å². The van der Waals surface area contributed by atoms with Gasteiger partial charge in [0.15, 0.2) is 17.2 Å². The quantitative estimate of drug-likeness (QED) is 0.170. The number of rotatable bonds is 7. The van der Waals surface area contributed by atoms with Crippen LogP contribution >= 0.6 is 34.2 Å². The van der Waals surface area contributed by atoms with Crippen molar-refractivity contribution >= 4 is 52.1 Å². The van der Waals surface area contributed by atoms with E-state index < -0.39 is 5.97 Å². The molecule has 0 unspecified atom stereocenters. The molecule has 0 saturated carbocycles. The van der Waals surface area contributed by atoms with Gasteiger partial charge in [-0.2, -0.15) is 0 Å². The highest BCUT2D eigenvalue weighted by Gasteiger charge is 2.24. The van der Waals surface area contributed by atoms with Gasteiger partial charge in [0.05, 0.1) is 10.7 Å². The molecule has 0 N–H and O–H groups in total. The summed E-state index contributed by atoms with van der Waals surface area (Å²) in [5.41, 5.74) is 3.96. The number of ether oxygens (including phenoxy) is 3. The van der Waals surface area contributed by atoms with Gasteiger partial charge in [0.25, 0.3) is 0 Å². The second kappa shape index (κ2) is 10.6. The van der Waals surface area contributed by atoms with E-state index in [1.807, 2.05) is 60.7 Å². The average molecular weight is 588 g/mol. The zero-order valence-electron chi connectivity index (χ0n) is 19.0. The standard InChI is InChI=1S/C27H23ClINO4/c1-16(2)19-6-8-20(9-7-19)26-30-23(27(31)34-26)13-18-12-22(29)25(24(14-18)32-3)33-15-17-4-10-21(28)11-5-17/h4-14,16H,15H2,1-3H3/b23-13-. The number of benzene rings is 3. The molecule has 3 aromatic carbocycles. The van der Waals surface area contributed by atoms with E-state index in [2.05, 4.69) is 41.4 Å². The lowest BCUT2D eigenvalue weighted by Crippen LogP contribution is -2.05. The Hall–Kier alpha value is -2.84. The number of cyclic esters (lactones) is 1. The van der Waals surface area contributed by atoms with Gasteiger partial charge in [0, 0.05) is 10.6 Å². The third-order valence-electron chi connectivity index (χ3n) is 5.30. The van der Waals surface area contributed by atoms with Crippen LogP contribution < -0.4 is 9.47 Å². The number of halogens is 2. The Labute approximate surface area is 217 Å². The SMILES string of the molecule is COc1cc(/C=C2\N=C(c3ccc(C(C)C)cc3)OC2=O)cc(I)c1OCc1ccc(Cl)cc1. The minimum Gasteiger partial charge on any atom is -0.493 e. The van der Waals surface area contributed by atoms with Gasteiger partial charge in [-0.15, -0.1) is 0 Å². The molecule has 4 rings (SSSR count). The van der Waals surface area contributed by atoms with Crippen LogP contribution in [-0.2, 0) is 16.1 Å². The molecule has 0 spiro atoms. The van der Waals surface area contributed by atoms with Gasteiger partial charge >= 0.3 is 5.97 Å². The fraction of sp³-hybridized carbons (Fsp3) is 0.185. The number of methoxy groups -OCH3 is 1. The molecule has 3 aromatic rings. The summed E-state index contributed by atoms with van der Waals surface area (Å²) >= 11 is 8.14.